The Kier molecular flexibility index (Phi) is 3.15. The lowest BCUT2D eigenvalue weighted by atomic mass is 10.1. The molecule has 0 saturated heterocycles. The Labute approximate surface area is 108 Å². The predicted molar refractivity (Wildman–Crippen MR) is 72.2 cm³/mol. The second-order valence-corrected chi connectivity index (χ2v) is 4.95. The Bertz CT molecular complexity index is 609. The van der Waals surface area contributed by atoms with Crippen LogP contribution < -0.4 is 5.56 Å². The summed E-state index contributed by atoms with van der Waals surface area (Å²) in [5.41, 5.74) is 3.80. The maximum Gasteiger partial charge on any atom is 0.251 e. The predicted octanol–water partition coefficient (Wildman–Crippen LogP) is 3.12. The molecule has 0 unspecified atom stereocenters. The van der Waals surface area contributed by atoms with E-state index < -0.39 is 0 Å². The number of hydrogen-bond acceptors (Lipinski definition) is 2. The molecule has 0 fully saturated rings. The van der Waals surface area contributed by atoms with E-state index in [4.69, 9.17) is 0 Å². The van der Waals surface area contributed by atoms with E-state index in [1.165, 1.54) is 6.07 Å². The van der Waals surface area contributed by atoms with Gasteiger partial charge in [-0.25, -0.2) is 4.98 Å². The van der Waals surface area contributed by atoms with Gasteiger partial charge in [-0.15, -0.1) is 0 Å². The van der Waals surface area contributed by atoms with E-state index >= 15 is 0 Å². The monoisotopic (exact) mass is 292 g/mol. The minimum absolute atomic E-state index is 0.120. The van der Waals surface area contributed by atoms with Gasteiger partial charge in [-0.1, -0.05) is 15.9 Å². The van der Waals surface area contributed by atoms with Crippen molar-refractivity contribution < 1.29 is 0 Å². The van der Waals surface area contributed by atoms with E-state index in [9.17, 15) is 4.79 Å². The van der Waals surface area contributed by atoms with Crippen molar-refractivity contribution >= 4 is 15.9 Å². The first-order valence-electron chi connectivity index (χ1n) is 5.32. The number of aromatic nitrogens is 2. The number of nitrogens with one attached hydrogen (secondary N) is 1. The third-order valence-corrected chi connectivity index (χ3v) is 3.83. The lowest BCUT2D eigenvalue weighted by Crippen LogP contribution is -2.08. The maximum absolute atomic E-state index is 11.4. The van der Waals surface area contributed by atoms with Crippen LogP contribution in [0.25, 0.3) is 11.4 Å². The number of rotatable bonds is 1. The molecule has 1 aromatic carbocycles. The molecule has 0 atom stereocenters. The minimum Gasteiger partial charge on any atom is -0.307 e. The highest BCUT2D eigenvalue weighted by atomic mass is 79.9. The topological polar surface area (TPSA) is 45.8 Å². The highest BCUT2D eigenvalue weighted by Gasteiger charge is 2.06. The molecule has 1 heterocycles. The van der Waals surface area contributed by atoms with Gasteiger partial charge in [0.1, 0.15) is 5.82 Å². The van der Waals surface area contributed by atoms with E-state index in [0.29, 0.717) is 5.82 Å². The van der Waals surface area contributed by atoms with E-state index in [1.54, 1.807) is 0 Å². The molecule has 2 aromatic rings. The van der Waals surface area contributed by atoms with Gasteiger partial charge in [0.15, 0.2) is 0 Å². The van der Waals surface area contributed by atoms with Gasteiger partial charge in [-0.2, -0.15) is 0 Å². The second kappa shape index (κ2) is 4.45. The maximum atomic E-state index is 11.4. The number of hydrogen-bond donors (Lipinski definition) is 1. The third kappa shape index (κ3) is 2.47. The number of aromatic amines is 1. The van der Waals surface area contributed by atoms with Gasteiger partial charge in [0.2, 0.25) is 0 Å². The fourth-order valence-corrected chi connectivity index (χ4v) is 2.03. The van der Waals surface area contributed by atoms with Crippen LogP contribution >= 0.6 is 15.9 Å². The summed E-state index contributed by atoms with van der Waals surface area (Å²) in [4.78, 5) is 18.5. The molecule has 3 nitrogen and oxygen atoms in total. The Hall–Kier alpha value is -1.42. The lowest BCUT2D eigenvalue weighted by molar-refractivity contribution is 1.07. The molecule has 2 rings (SSSR count). The molecule has 0 amide bonds. The Morgan fingerprint density at radius 3 is 2.24 bits per heavy atom. The summed E-state index contributed by atoms with van der Waals surface area (Å²) in [6.45, 7) is 5.86. The number of H-pyrrole nitrogens is 1. The standard InChI is InChI=1S/C13H13BrN2O/c1-7-4-10(5-8(2)12(7)14)13-15-9(3)6-11(17)16-13/h4-6H,1-3H3,(H,15,16,17). The first-order chi connectivity index (χ1) is 7.97. The van der Waals surface area contributed by atoms with Gasteiger partial charge in [-0.05, 0) is 44.0 Å². The molecule has 0 aliphatic rings. The van der Waals surface area contributed by atoms with Crippen LogP contribution in [-0.2, 0) is 0 Å². The molecule has 4 heteroatoms. The molecule has 17 heavy (non-hydrogen) atoms. The molecule has 1 aromatic heterocycles. The molecule has 1 N–H and O–H groups in total. The van der Waals surface area contributed by atoms with Gasteiger partial charge in [0.05, 0.1) is 0 Å². The van der Waals surface area contributed by atoms with Crippen LogP contribution in [0, 0.1) is 20.8 Å². The van der Waals surface area contributed by atoms with Crippen molar-refractivity contribution in [2.75, 3.05) is 0 Å². The zero-order valence-corrected chi connectivity index (χ0v) is 11.6. The summed E-state index contributed by atoms with van der Waals surface area (Å²) in [6, 6.07) is 5.51. The molecule has 0 saturated carbocycles. The first-order valence-corrected chi connectivity index (χ1v) is 6.12. The van der Waals surface area contributed by atoms with Crippen molar-refractivity contribution in [3.63, 3.8) is 0 Å². The van der Waals surface area contributed by atoms with E-state index in [0.717, 1.165) is 26.9 Å². The summed E-state index contributed by atoms with van der Waals surface area (Å²) < 4.78 is 1.09. The molecule has 0 spiro atoms. The average molecular weight is 293 g/mol. The molecule has 88 valence electrons. The normalized spacial score (nSPS) is 10.6. The first kappa shape index (κ1) is 12.0. The van der Waals surface area contributed by atoms with Gasteiger partial charge in [0.25, 0.3) is 5.56 Å². The zero-order valence-electron chi connectivity index (χ0n) is 9.97. The van der Waals surface area contributed by atoms with Crippen molar-refractivity contribution in [3.8, 4) is 11.4 Å². The number of halogens is 1. The SMILES string of the molecule is Cc1cc(=O)[nH]c(-c2cc(C)c(Br)c(C)c2)n1. The van der Waals surface area contributed by atoms with Gasteiger partial charge in [-0.3, -0.25) is 4.79 Å². The number of nitrogens with zero attached hydrogens (tertiary/aromatic N) is 1. The summed E-state index contributed by atoms with van der Waals surface area (Å²) in [5.74, 6) is 0.619. The van der Waals surface area contributed by atoms with Crippen LogP contribution in [0.1, 0.15) is 16.8 Å². The van der Waals surface area contributed by atoms with Crippen LogP contribution in [0.15, 0.2) is 27.5 Å². The molecule has 0 aliphatic carbocycles. The van der Waals surface area contributed by atoms with E-state index in [-0.39, 0.29) is 5.56 Å². The average Bonchev–Trinajstić information content (AvgIpc) is 2.23. The van der Waals surface area contributed by atoms with Crippen LogP contribution in [-0.4, -0.2) is 9.97 Å². The summed E-state index contributed by atoms with van der Waals surface area (Å²) >= 11 is 3.52. The van der Waals surface area contributed by atoms with Crippen molar-refractivity contribution in [2.45, 2.75) is 20.8 Å². The smallest absolute Gasteiger partial charge is 0.251 e. The summed E-state index contributed by atoms with van der Waals surface area (Å²) in [7, 11) is 0. The highest BCUT2D eigenvalue weighted by Crippen LogP contribution is 2.26. The fraction of sp³-hybridized carbons (Fsp3) is 0.231. The number of aryl methyl sites for hydroxylation is 3. The zero-order chi connectivity index (χ0) is 12.6. The fourth-order valence-electron chi connectivity index (χ4n) is 1.80. The molecular weight excluding hydrogens is 280 g/mol. The van der Waals surface area contributed by atoms with E-state index in [2.05, 4.69) is 25.9 Å². The summed E-state index contributed by atoms with van der Waals surface area (Å²) in [5, 5.41) is 0. The van der Waals surface area contributed by atoms with Crippen molar-refractivity contribution in [2.24, 2.45) is 0 Å². The van der Waals surface area contributed by atoms with Crippen LogP contribution in [0.5, 0.6) is 0 Å². The van der Waals surface area contributed by atoms with Gasteiger partial charge < -0.3 is 4.98 Å². The Balaban J connectivity index is 2.64. The van der Waals surface area contributed by atoms with E-state index in [1.807, 2.05) is 32.9 Å². The second-order valence-electron chi connectivity index (χ2n) is 4.16. The number of benzene rings is 1. The van der Waals surface area contributed by atoms with Gasteiger partial charge in [0, 0.05) is 21.8 Å². The van der Waals surface area contributed by atoms with Crippen LogP contribution in [0.2, 0.25) is 0 Å². The van der Waals surface area contributed by atoms with Crippen molar-refractivity contribution in [1.82, 2.24) is 9.97 Å². The van der Waals surface area contributed by atoms with Crippen molar-refractivity contribution in [1.29, 1.82) is 0 Å². The van der Waals surface area contributed by atoms with Crippen molar-refractivity contribution in [3.05, 3.63) is 49.8 Å². The Morgan fingerprint density at radius 1 is 1.12 bits per heavy atom. The molecule has 0 bridgehead atoms. The highest BCUT2D eigenvalue weighted by molar-refractivity contribution is 9.10. The Morgan fingerprint density at radius 2 is 1.71 bits per heavy atom. The third-order valence-electron chi connectivity index (χ3n) is 2.58. The minimum atomic E-state index is -0.120. The molecular formula is C13H13BrN2O. The molecule has 0 radical (unpaired) electrons. The summed E-state index contributed by atoms with van der Waals surface area (Å²) in [6.07, 6.45) is 0. The quantitative estimate of drug-likeness (QED) is 0.878. The lowest BCUT2D eigenvalue weighted by Gasteiger charge is -2.07. The molecule has 0 aliphatic heterocycles. The van der Waals surface area contributed by atoms with Crippen LogP contribution in [0.3, 0.4) is 0 Å². The largest absolute Gasteiger partial charge is 0.307 e. The van der Waals surface area contributed by atoms with Crippen LogP contribution in [0.4, 0.5) is 0 Å². The van der Waals surface area contributed by atoms with Gasteiger partial charge >= 0.3 is 0 Å².